The fourth-order valence-corrected chi connectivity index (χ4v) is 3.42. The molecule has 0 saturated carbocycles. The average Bonchev–Trinajstić information content (AvgIpc) is 3.31. The Bertz CT molecular complexity index is 849. The molecule has 0 bridgehead atoms. The number of rotatable bonds is 7. The Morgan fingerprint density at radius 2 is 2.16 bits per heavy atom. The Kier molecular flexibility index (Phi) is 5.35. The van der Waals surface area contributed by atoms with Gasteiger partial charge in [0.2, 0.25) is 0 Å². The number of furan rings is 1. The summed E-state index contributed by atoms with van der Waals surface area (Å²) < 4.78 is 10.7. The fraction of sp³-hybridized carbons (Fsp3) is 0.333. The summed E-state index contributed by atoms with van der Waals surface area (Å²) in [6.45, 7) is 5.46. The van der Waals surface area contributed by atoms with Crippen LogP contribution in [-0.4, -0.2) is 41.3 Å². The maximum absolute atomic E-state index is 12.9. The van der Waals surface area contributed by atoms with Gasteiger partial charge in [-0.15, -0.1) is 11.3 Å². The third-order valence-corrected chi connectivity index (χ3v) is 4.78. The predicted octanol–water partition coefficient (Wildman–Crippen LogP) is 3.64. The molecule has 3 heterocycles. The number of ether oxygens (including phenoxy) is 1. The maximum atomic E-state index is 12.9. The van der Waals surface area contributed by atoms with Crippen LogP contribution in [-0.2, 0) is 11.3 Å². The zero-order valence-electron chi connectivity index (χ0n) is 14.5. The van der Waals surface area contributed by atoms with E-state index >= 15 is 0 Å². The first-order chi connectivity index (χ1) is 12.1. The first-order valence-electron chi connectivity index (χ1n) is 8.02. The Morgan fingerprint density at radius 1 is 1.32 bits per heavy atom. The number of amides is 1. The van der Waals surface area contributed by atoms with Crippen LogP contribution in [0.5, 0.6) is 0 Å². The van der Waals surface area contributed by atoms with Crippen molar-refractivity contribution < 1.29 is 13.9 Å². The van der Waals surface area contributed by atoms with Gasteiger partial charge in [0.25, 0.3) is 5.91 Å². The lowest BCUT2D eigenvalue weighted by molar-refractivity contribution is 0.0676. The van der Waals surface area contributed by atoms with Crippen molar-refractivity contribution in [3.8, 4) is 11.5 Å². The van der Waals surface area contributed by atoms with Gasteiger partial charge in [-0.05, 0) is 38.1 Å². The third-order valence-electron chi connectivity index (χ3n) is 3.80. The van der Waals surface area contributed by atoms with Crippen LogP contribution in [0.3, 0.4) is 0 Å². The minimum Gasteiger partial charge on any atom is -0.460 e. The Balaban J connectivity index is 1.78. The van der Waals surface area contributed by atoms with Gasteiger partial charge in [-0.3, -0.25) is 9.89 Å². The van der Waals surface area contributed by atoms with Crippen molar-refractivity contribution in [3.63, 3.8) is 0 Å². The van der Waals surface area contributed by atoms with Crippen LogP contribution >= 0.6 is 11.3 Å². The molecule has 7 heteroatoms. The molecule has 0 fully saturated rings. The predicted molar refractivity (Wildman–Crippen MR) is 96.7 cm³/mol. The topological polar surface area (TPSA) is 71.4 Å². The molecule has 0 unspecified atom stereocenters. The number of methoxy groups -OCH3 is 1. The summed E-state index contributed by atoms with van der Waals surface area (Å²) in [6.07, 6.45) is 0. The van der Waals surface area contributed by atoms with Crippen molar-refractivity contribution in [2.24, 2.45) is 0 Å². The lowest BCUT2D eigenvalue weighted by Gasteiger charge is -2.20. The maximum Gasteiger partial charge on any atom is 0.274 e. The summed E-state index contributed by atoms with van der Waals surface area (Å²) in [7, 11) is 1.63. The molecular formula is C18H21N3O3S. The van der Waals surface area contributed by atoms with Crippen molar-refractivity contribution in [3.05, 3.63) is 51.5 Å². The van der Waals surface area contributed by atoms with Crippen molar-refractivity contribution in [2.45, 2.75) is 20.4 Å². The second-order valence-corrected chi connectivity index (χ2v) is 7.18. The molecule has 0 aliphatic carbocycles. The molecule has 0 radical (unpaired) electrons. The average molecular weight is 359 g/mol. The highest BCUT2D eigenvalue weighted by Crippen LogP contribution is 2.22. The van der Waals surface area contributed by atoms with E-state index in [1.54, 1.807) is 29.4 Å². The van der Waals surface area contributed by atoms with E-state index in [4.69, 9.17) is 9.15 Å². The highest BCUT2D eigenvalue weighted by molar-refractivity contribution is 7.11. The SMILES string of the molecule is COCCN(Cc1ccc(C)s1)C(=O)c1cc(-c2ccc(C)o2)[nH]n1. The molecule has 6 nitrogen and oxygen atoms in total. The van der Waals surface area contributed by atoms with E-state index in [1.807, 2.05) is 19.1 Å². The van der Waals surface area contributed by atoms with E-state index in [2.05, 4.69) is 29.3 Å². The van der Waals surface area contributed by atoms with Gasteiger partial charge in [0.15, 0.2) is 11.5 Å². The van der Waals surface area contributed by atoms with Crippen LogP contribution in [0.15, 0.2) is 34.7 Å². The van der Waals surface area contributed by atoms with Crippen molar-refractivity contribution in [2.75, 3.05) is 20.3 Å². The van der Waals surface area contributed by atoms with Crippen LogP contribution < -0.4 is 0 Å². The number of hydrogen-bond acceptors (Lipinski definition) is 5. The number of carbonyl (C=O) groups excluding carboxylic acids is 1. The molecule has 0 spiro atoms. The third kappa shape index (κ3) is 4.18. The van der Waals surface area contributed by atoms with E-state index < -0.39 is 0 Å². The normalized spacial score (nSPS) is 11.0. The lowest BCUT2D eigenvalue weighted by atomic mass is 10.2. The number of nitrogens with zero attached hydrogens (tertiary/aromatic N) is 2. The second-order valence-electron chi connectivity index (χ2n) is 5.81. The van der Waals surface area contributed by atoms with Gasteiger partial charge in [-0.1, -0.05) is 0 Å². The minimum atomic E-state index is -0.131. The standard InChI is InChI=1S/C18H21N3O3S/c1-12-4-7-17(24-12)15-10-16(20-19-15)18(22)21(8-9-23-3)11-14-6-5-13(2)25-14/h4-7,10H,8-9,11H2,1-3H3,(H,19,20). The summed E-state index contributed by atoms with van der Waals surface area (Å²) in [5, 5.41) is 7.04. The van der Waals surface area contributed by atoms with E-state index in [0.29, 0.717) is 36.8 Å². The molecule has 0 aromatic carbocycles. The van der Waals surface area contributed by atoms with Crippen LogP contribution in [0.2, 0.25) is 0 Å². The summed E-state index contributed by atoms with van der Waals surface area (Å²) in [5.74, 6) is 1.35. The summed E-state index contributed by atoms with van der Waals surface area (Å²) >= 11 is 1.69. The molecule has 0 atom stereocenters. The quantitative estimate of drug-likeness (QED) is 0.699. The summed E-state index contributed by atoms with van der Waals surface area (Å²) in [6, 6.07) is 9.57. The molecule has 25 heavy (non-hydrogen) atoms. The van der Waals surface area contributed by atoms with Gasteiger partial charge in [0.1, 0.15) is 11.5 Å². The number of aromatic nitrogens is 2. The smallest absolute Gasteiger partial charge is 0.274 e. The Morgan fingerprint density at radius 3 is 2.80 bits per heavy atom. The van der Waals surface area contributed by atoms with Gasteiger partial charge in [0, 0.05) is 29.5 Å². The van der Waals surface area contributed by atoms with E-state index in [1.165, 1.54) is 4.88 Å². The number of H-pyrrole nitrogens is 1. The van der Waals surface area contributed by atoms with Crippen molar-refractivity contribution in [1.82, 2.24) is 15.1 Å². The molecular weight excluding hydrogens is 338 g/mol. The first kappa shape index (κ1) is 17.4. The molecule has 1 amide bonds. The van der Waals surface area contributed by atoms with Gasteiger partial charge in [-0.2, -0.15) is 5.10 Å². The van der Waals surface area contributed by atoms with Crippen LogP contribution in [0, 0.1) is 13.8 Å². The van der Waals surface area contributed by atoms with Gasteiger partial charge in [0.05, 0.1) is 13.2 Å². The summed E-state index contributed by atoms with van der Waals surface area (Å²) in [4.78, 5) is 17.0. The zero-order chi connectivity index (χ0) is 17.8. The van der Waals surface area contributed by atoms with E-state index in [0.717, 1.165) is 10.6 Å². The molecule has 0 aliphatic rings. The van der Waals surface area contributed by atoms with Crippen molar-refractivity contribution in [1.29, 1.82) is 0 Å². The zero-order valence-corrected chi connectivity index (χ0v) is 15.4. The summed E-state index contributed by atoms with van der Waals surface area (Å²) in [5.41, 5.74) is 1.06. The van der Waals surface area contributed by atoms with Gasteiger partial charge >= 0.3 is 0 Å². The van der Waals surface area contributed by atoms with E-state index in [9.17, 15) is 4.79 Å². The van der Waals surface area contributed by atoms with Gasteiger partial charge < -0.3 is 14.1 Å². The second kappa shape index (κ2) is 7.67. The fourth-order valence-electron chi connectivity index (χ4n) is 2.51. The van der Waals surface area contributed by atoms with Crippen LogP contribution in [0.1, 0.15) is 26.0 Å². The number of hydrogen-bond donors (Lipinski definition) is 1. The molecule has 1 N–H and O–H groups in total. The number of nitrogens with one attached hydrogen (secondary N) is 1. The number of thiophene rings is 1. The highest BCUT2D eigenvalue weighted by Gasteiger charge is 2.20. The molecule has 0 saturated heterocycles. The molecule has 0 aliphatic heterocycles. The number of carbonyl (C=O) groups is 1. The highest BCUT2D eigenvalue weighted by atomic mass is 32.1. The largest absolute Gasteiger partial charge is 0.460 e. The van der Waals surface area contributed by atoms with Gasteiger partial charge in [-0.25, -0.2) is 0 Å². The monoisotopic (exact) mass is 359 g/mol. The number of aryl methyl sites for hydroxylation is 2. The van der Waals surface area contributed by atoms with E-state index in [-0.39, 0.29) is 5.91 Å². The van der Waals surface area contributed by atoms with Crippen LogP contribution in [0.25, 0.3) is 11.5 Å². The lowest BCUT2D eigenvalue weighted by Crippen LogP contribution is -2.33. The molecule has 3 aromatic rings. The Labute approximate surface area is 150 Å². The first-order valence-corrected chi connectivity index (χ1v) is 8.84. The minimum absolute atomic E-state index is 0.131. The van der Waals surface area contributed by atoms with Crippen LogP contribution in [0.4, 0.5) is 0 Å². The molecule has 3 aromatic heterocycles. The molecule has 132 valence electrons. The Hall–Kier alpha value is -2.38. The number of aromatic amines is 1. The van der Waals surface area contributed by atoms with Crippen molar-refractivity contribution >= 4 is 17.2 Å². The molecule has 3 rings (SSSR count).